The maximum absolute atomic E-state index is 11.1. The van der Waals surface area contributed by atoms with Crippen molar-refractivity contribution < 1.29 is 9.85 Å². The molecule has 21 heavy (non-hydrogen) atoms. The molecule has 3 N–H and O–H groups in total. The van der Waals surface area contributed by atoms with Gasteiger partial charge in [-0.15, -0.1) is 0 Å². The largest absolute Gasteiger partial charge is 0.344 e. The maximum Gasteiger partial charge on any atom is 0.344 e. The lowest BCUT2D eigenvalue weighted by molar-refractivity contribution is -0.387. The molecule has 1 aromatic heterocycles. The van der Waals surface area contributed by atoms with E-state index in [4.69, 9.17) is 5.84 Å². The number of nitro groups is 2. The average molecular weight is 308 g/mol. The molecule has 0 aliphatic heterocycles. The first-order chi connectivity index (χ1) is 10.0. The van der Waals surface area contributed by atoms with E-state index in [2.05, 4.69) is 15.4 Å². The van der Waals surface area contributed by atoms with Gasteiger partial charge >= 0.3 is 5.69 Å². The van der Waals surface area contributed by atoms with Crippen LogP contribution in [0, 0.1) is 20.2 Å². The Morgan fingerprint density at radius 2 is 1.76 bits per heavy atom. The highest BCUT2D eigenvalue weighted by molar-refractivity contribution is 7.99. The van der Waals surface area contributed by atoms with Gasteiger partial charge < -0.3 is 5.43 Å². The number of benzene rings is 1. The van der Waals surface area contributed by atoms with E-state index in [0.717, 1.165) is 18.1 Å². The van der Waals surface area contributed by atoms with E-state index in [9.17, 15) is 20.2 Å². The minimum absolute atomic E-state index is 0.0687. The standard InChI is InChI=1S/C10H8N6O4S/c11-14-9-8(16(19)20)10(13-5-12-9)21-7-3-1-6(2-4-7)15(17)18/h1-5H,11H2,(H,12,13,14). The molecule has 0 amide bonds. The van der Waals surface area contributed by atoms with Gasteiger partial charge in [0.25, 0.3) is 5.69 Å². The van der Waals surface area contributed by atoms with Crippen molar-refractivity contribution in [2.45, 2.75) is 9.92 Å². The molecule has 0 radical (unpaired) electrons. The van der Waals surface area contributed by atoms with E-state index in [1.54, 1.807) is 0 Å². The van der Waals surface area contributed by atoms with E-state index in [0.29, 0.717) is 4.90 Å². The summed E-state index contributed by atoms with van der Waals surface area (Å²) < 4.78 is 0. The number of hydrogen-bond donors (Lipinski definition) is 2. The molecule has 1 heterocycles. The zero-order valence-electron chi connectivity index (χ0n) is 10.3. The van der Waals surface area contributed by atoms with Crippen LogP contribution < -0.4 is 11.3 Å². The highest BCUT2D eigenvalue weighted by Gasteiger charge is 2.23. The Bertz CT molecular complexity index is 692. The summed E-state index contributed by atoms with van der Waals surface area (Å²) in [5, 5.41) is 21.7. The molecule has 0 saturated carbocycles. The fourth-order valence-electron chi connectivity index (χ4n) is 1.46. The van der Waals surface area contributed by atoms with Crippen LogP contribution in [-0.4, -0.2) is 19.8 Å². The monoisotopic (exact) mass is 308 g/mol. The summed E-state index contributed by atoms with van der Waals surface area (Å²) in [5.41, 5.74) is 1.71. The van der Waals surface area contributed by atoms with Gasteiger partial charge in [0.15, 0.2) is 5.03 Å². The molecule has 0 fully saturated rings. The minimum Gasteiger partial charge on any atom is -0.303 e. The molecule has 2 aromatic rings. The van der Waals surface area contributed by atoms with Crippen LogP contribution >= 0.6 is 11.8 Å². The van der Waals surface area contributed by atoms with Crippen molar-refractivity contribution in [1.82, 2.24) is 9.97 Å². The first-order valence-corrected chi connectivity index (χ1v) is 6.23. The van der Waals surface area contributed by atoms with Gasteiger partial charge in [-0.2, -0.15) is 0 Å². The van der Waals surface area contributed by atoms with Gasteiger partial charge in [0.05, 0.1) is 9.85 Å². The number of nitrogens with one attached hydrogen (secondary N) is 1. The first-order valence-electron chi connectivity index (χ1n) is 5.41. The second-order valence-electron chi connectivity index (χ2n) is 3.63. The van der Waals surface area contributed by atoms with Crippen molar-refractivity contribution >= 4 is 29.0 Å². The van der Waals surface area contributed by atoms with Crippen LogP contribution in [-0.2, 0) is 0 Å². The third-order valence-electron chi connectivity index (χ3n) is 2.37. The number of nitrogens with two attached hydrogens (primary N) is 1. The second-order valence-corrected chi connectivity index (χ2v) is 4.69. The van der Waals surface area contributed by atoms with Gasteiger partial charge in [-0.1, -0.05) is 11.8 Å². The Morgan fingerprint density at radius 3 is 2.29 bits per heavy atom. The number of non-ortho nitro benzene ring substituents is 1. The highest BCUT2D eigenvalue weighted by Crippen LogP contribution is 2.36. The van der Waals surface area contributed by atoms with Crippen LogP contribution in [0.25, 0.3) is 0 Å². The van der Waals surface area contributed by atoms with Gasteiger partial charge in [-0.05, 0) is 12.1 Å². The molecule has 0 atom stereocenters. The first kappa shape index (κ1) is 14.6. The van der Waals surface area contributed by atoms with Crippen LogP contribution in [0.3, 0.4) is 0 Å². The van der Waals surface area contributed by atoms with E-state index in [1.807, 2.05) is 0 Å². The summed E-state index contributed by atoms with van der Waals surface area (Å²) in [6.45, 7) is 0. The zero-order chi connectivity index (χ0) is 15.4. The van der Waals surface area contributed by atoms with E-state index in [-0.39, 0.29) is 22.2 Å². The van der Waals surface area contributed by atoms with Crippen molar-refractivity contribution in [3.63, 3.8) is 0 Å². The fraction of sp³-hybridized carbons (Fsp3) is 0. The number of hydrazine groups is 1. The van der Waals surface area contributed by atoms with Crippen LogP contribution in [0.2, 0.25) is 0 Å². The van der Waals surface area contributed by atoms with Crippen LogP contribution in [0.4, 0.5) is 17.2 Å². The summed E-state index contributed by atoms with van der Waals surface area (Å²) in [6.07, 6.45) is 1.13. The SMILES string of the molecule is NNc1ncnc(Sc2ccc([N+](=O)[O-])cc2)c1[N+](=O)[O-]. The smallest absolute Gasteiger partial charge is 0.303 e. The number of rotatable bonds is 5. The van der Waals surface area contributed by atoms with Crippen LogP contribution in [0.15, 0.2) is 40.5 Å². The molecule has 2 rings (SSSR count). The Morgan fingerprint density at radius 1 is 1.10 bits per heavy atom. The molecular formula is C10H8N6O4S. The summed E-state index contributed by atoms with van der Waals surface area (Å²) in [5.74, 6) is 5.06. The zero-order valence-corrected chi connectivity index (χ0v) is 11.1. The molecule has 108 valence electrons. The number of nitrogen functional groups attached to an aromatic ring is 1. The lowest BCUT2D eigenvalue weighted by Crippen LogP contribution is -2.11. The van der Waals surface area contributed by atoms with Crippen molar-refractivity contribution in [2.24, 2.45) is 5.84 Å². The molecule has 0 unspecified atom stereocenters. The average Bonchev–Trinajstić information content (AvgIpc) is 2.47. The van der Waals surface area contributed by atoms with Crippen LogP contribution in [0.5, 0.6) is 0 Å². The Hall–Kier alpha value is -2.79. The van der Waals surface area contributed by atoms with Gasteiger partial charge in [0.2, 0.25) is 5.82 Å². The maximum atomic E-state index is 11.1. The van der Waals surface area contributed by atoms with Crippen molar-refractivity contribution in [1.29, 1.82) is 0 Å². The quantitative estimate of drug-likeness (QED) is 0.364. The normalized spacial score (nSPS) is 10.1. The van der Waals surface area contributed by atoms with Crippen molar-refractivity contribution in [3.8, 4) is 0 Å². The fourth-order valence-corrected chi connectivity index (χ4v) is 2.32. The predicted molar refractivity (Wildman–Crippen MR) is 73.7 cm³/mol. The molecule has 0 bridgehead atoms. The third-order valence-corrected chi connectivity index (χ3v) is 3.37. The Balaban J connectivity index is 2.35. The lowest BCUT2D eigenvalue weighted by atomic mass is 10.3. The van der Waals surface area contributed by atoms with Crippen LogP contribution in [0.1, 0.15) is 0 Å². The molecule has 11 heteroatoms. The Labute approximate surface area is 121 Å². The molecule has 10 nitrogen and oxygen atoms in total. The van der Waals surface area contributed by atoms with E-state index >= 15 is 0 Å². The molecule has 0 saturated heterocycles. The molecule has 0 aliphatic carbocycles. The lowest BCUT2D eigenvalue weighted by Gasteiger charge is -2.05. The van der Waals surface area contributed by atoms with E-state index < -0.39 is 9.85 Å². The van der Waals surface area contributed by atoms with Gasteiger partial charge in [0.1, 0.15) is 6.33 Å². The third kappa shape index (κ3) is 3.21. The predicted octanol–water partition coefficient (Wildman–Crippen LogP) is 1.73. The topological polar surface area (TPSA) is 150 Å². The summed E-state index contributed by atoms with van der Waals surface area (Å²) in [7, 11) is 0. The highest BCUT2D eigenvalue weighted by atomic mass is 32.2. The molecule has 0 aliphatic rings. The van der Waals surface area contributed by atoms with Gasteiger partial charge in [-0.25, -0.2) is 15.8 Å². The number of nitro benzene ring substituents is 1. The number of hydrogen-bond acceptors (Lipinski definition) is 9. The summed E-state index contributed by atoms with van der Waals surface area (Å²) in [4.78, 5) is 28.5. The summed E-state index contributed by atoms with van der Waals surface area (Å²) in [6, 6.07) is 5.56. The summed E-state index contributed by atoms with van der Waals surface area (Å²) >= 11 is 0.982. The second kappa shape index (κ2) is 6.11. The molecular weight excluding hydrogens is 300 g/mol. The van der Waals surface area contributed by atoms with Crippen molar-refractivity contribution in [2.75, 3.05) is 5.43 Å². The number of aromatic nitrogens is 2. The van der Waals surface area contributed by atoms with E-state index in [1.165, 1.54) is 24.3 Å². The number of nitrogens with zero attached hydrogens (tertiary/aromatic N) is 4. The van der Waals surface area contributed by atoms with Gasteiger partial charge in [0, 0.05) is 17.0 Å². The number of anilines is 1. The van der Waals surface area contributed by atoms with Crippen molar-refractivity contribution in [3.05, 3.63) is 50.8 Å². The molecule has 0 spiro atoms. The van der Waals surface area contributed by atoms with Gasteiger partial charge in [-0.3, -0.25) is 20.2 Å². The molecule has 1 aromatic carbocycles. The Kier molecular flexibility index (Phi) is 4.25. The minimum atomic E-state index is -0.650.